The van der Waals surface area contributed by atoms with E-state index in [1.54, 1.807) is 18.2 Å². The zero-order chi connectivity index (χ0) is 20.4. The van der Waals surface area contributed by atoms with Crippen LogP contribution in [-0.2, 0) is 10.2 Å². The van der Waals surface area contributed by atoms with Crippen LogP contribution in [-0.4, -0.2) is 19.3 Å². The predicted molar refractivity (Wildman–Crippen MR) is 110 cm³/mol. The molecule has 5 heteroatoms. The van der Waals surface area contributed by atoms with Crippen LogP contribution < -0.4 is 19.5 Å². The Morgan fingerprint density at radius 1 is 1.00 bits per heavy atom. The van der Waals surface area contributed by atoms with E-state index in [0.29, 0.717) is 22.9 Å². The van der Waals surface area contributed by atoms with Crippen molar-refractivity contribution in [3.8, 4) is 17.2 Å². The molecule has 0 radical (unpaired) electrons. The maximum atomic E-state index is 12.2. The van der Waals surface area contributed by atoms with Gasteiger partial charge in [-0.15, -0.1) is 0 Å². The zero-order valence-corrected chi connectivity index (χ0v) is 17.3. The van der Waals surface area contributed by atoms with E-state index in [9.17, 15) is 4.79 Å². The average molecular weight is 383 g/mol. The van der Waals surface area contributed by atoms with Gasteiger partial charge in [0.15, 0.2) is 18.1 Å². The normalized spacial score (nSPS) is 13.3. The Balaban J connectivity index is 1.54. The topological polar surface area (TPSA) is 56.8 Å². The summed E-state index contributed by atoms with van der Waals surface area (Å²) in [6.45, 7) is 11.4. The fraction of sp³-hybridized carbons (Fsp3) is 0.435. The molecule has 1 heterocycles. The lowest BCUT2D eigenvalue weighted by Crippen LogP contribution is -2.24. The molecule has 1 aliphatic rings. The standard InChI is InChI=1S/C23H29NO4/c1-22(2,3)14-23(4,5)16-6-9-18(10-7-16)26-13-21(25)24-17-8-11-19-20(12-17)28-15-27-19/h6-12H,13-15H2,1-5H3,(H,24,25). The van der Waals surface area contributed by atoms with Crippen LogP contribution in [0.2, 0.25) is 0 Å². The summed E-state index contributed by atoms with van der Waals surface area (Å²) in [7, 11) is 0. The molecule has 0 spiro atoms. The van der Waals surface area contributed by atoms with Crippen LogP contribution in [0.5, 0.6) is 17.2 Å². The number of anilines is 1. The number of fused-ring (bicyclic) bond motifs is 1. The van der Waals surface area contributed by atoms with Gasteiger partial charge in [-0.3, -0.25) is 4.79 Å². The molecule has 0 atom stereocenters. The van der Waals surface area contributed by atoms with E-state index in [0.717, 1.165) is 6.42 Å². The van der Waals surface area contributed by atoms with Crippen LogP contribution in [0.3, 0.4) is 0 Å². The molecule has 150 valence electrons. The van der Waals surface area contributed by atoms with E-state index >= 15 is 0 Å². The highest BCUT2D eigenvalue weighted by Crippen LogP contribution is 2.37. The monoisotopic (exact) mass is 383 g/mol. The summed E-state index contributed by atoms with van der Waals surface area (Å²) >= 11 is 0. The first-order valence-corrected chi connectivity index (χ1v) is 9.55. The van der Waals surface area contributed by atoms with Crippen molar-refractivity contribution in [2.45, 2.75) is 46.5 Å². The predicted octanol–water partition coefficient (Wildman–Crippen LogP) is 5.15. The Labute approximate surface area is 167 Å². The van der Waals surface area contributed by atoms with Gasteiger partial charge in [0.1, 0.15) is 5.75 Å². The van der Waals surface area contributed by atoms with E-state index in [1.807, 2.05) is 12.1 Å². The van der Waals surface area contributed by atoms with Gasteiger partial charge in [0, 0.05) is 11.8 Å². The quantitative estimate of drug-likeness (QED) is 0.750. The van der Waals surface area contributed by atoms with Crippen LogP contribution in [0.1, 0.15) is 46.6 Å². The van der Waals surface area contributed by atoms with Gasteiger partial charge in [0.05, 0.1) is 0 Å². The Bertz CT molecular complexity index is 835. The van der Waals surface area contributed by atoms with Crippen molar-refractivity contribution in [2.75, 3.05) is 18.7 Å². The Kier molecular flexibility index (Phi) is 5.54. The molecule has 1 amide bonds. The summed E-state index contributed by atoms with van der Waals surface area (Å²) < 4.78 is 16.2. The Hall–Kier alpha value is -2.69. The SMILES string of the molecule is CC(C)(C)CC(C)(C)c1ccc(OCC(=O)Nc2ccc3c(c2)OCO3)cc1. The van der Waals surface area contributed by atoms with Gasteiger partial charge in [0.2, 0.25) is 6.79 Å². The van der Waals surface area contributed by atoms with E-state index in [1.165, 1.54) is 5.56 Å². The van der Waals surface area contributed by atoms with Crippen molar-refractivity contribution < 1.29 is 19.0 Å². The van der Waals surface area contributed by atoms with Crippen LogP contribution in [0, 0.1) is 5.41 Å². The van der Waals surface area contributed by atoms with E-state index in [4.69, 9.17) is 14.2 Å². The lowest BCUT2D eigenvalue weighted by molar-refractivity contribution is -0.118. The van der Waals surface area contributed by atoms with Gasteiger partial charge >= 0.3 is 0 Å². The van der Waals surface area contributed by atoms with Crippen molar-refractivity contribution in [1.82, 2.24) is 0 Å². The van der Waals surface area contributed by atoms with Gasteiger partial charge in [-0.1, -0.05) is 46.8 Å². The molecule has 2 aromatic rings. The molecule has 0 fully saturated rings. The first-order valence-electron chi connectivity index (χ1n) is 9.55. The fourth-order valence-corrected chi connectivity index (χ4v) is 3.75. The van der Waals surface area contributed by atoms with Gasteiger partial charge in [-0.05, 0) is 47.1 Å². The van der Waals surface area contributed by atoms with Gasteiger partial charge < -0.3 is 19.5 Å². The molecule has 0 saturated heterocycles. The minimum atomic E-state index is -0.226. The highest BCUT2D eigenvalue weighted by molar-refractivity contribution is 5.92. The first kappa shape index (κ1) is 20.1. The minimum absolute atomic E-state index is 0.0564. The second kappa shape index (κ2) is 7.74. The number of hydrogen-bond donors (Lipinski definition) is 1. The third kappa shape index (κ3) is 5.18. The number of rotatable bonds is 6. The summed E-state index contributed by atoms with van der Waals surface area (Å²) in [6.07, 6.45) is 1.08. The van der Waals surface area contributed by atoms with Gasteiger partial charge in [-0.2, -0.15) is 0 Å². The highest BCUT2D eigenvalue weighted by atomic mass is 16.7. The molecule has 1 N–H and O–H groups in total. The smallest absolute Gasteiger partial charge is 0.262 e. The molecule has 0 saturated carbocycles. The largest absolute Gasteiger partial charge is 0.484 e. The summed E-state index contributed by atoms with van der Waals surface area (Å²) in [6, 6.07) is 13.3. The van der Waals surface area contributed by atoms with Crippen LogP contribution >= 0.6 is 0 Å². The molecule has 5 nitrogen and oxygen atoms in total. The maximum absolute atomic E-state index is 12.2. The highest BCUT2D eigenvalue weighted by Gasteiger charge is 2.27. The van der Waals surface area contributed by atoms with E-state index in [-0.39, 0.29) is 30.1 Å². The molecule has 28 heavy (non-hydrogen) atoms. The second-order valence-corrected chi connectivity index (χ2v) is 9.05. The number of carbonyl (C=O) groups excluding carboxylic acids is 1. The van der Waals surface area contributed by atoms with Crippen LogP contribution in [0.25, 0.3) is 0 Å². The van der Waals surface area contributed by atoms with Crippen LogP contribution in [0.15, 0.2) is 42.5 Å². The summed E-state index contributed by atoms with van der Waals surface area (Å²) in [5, 5.41) is 2.80. The number of carbonyl (C=O) groups is 1. The molecular weight excluding hydrogens is 354 g/mol. The van der Waals surface area contributed by atoms with Crippen molar-refractivity contribution in [1.29, 1.82) is 0 Å². The third-order valence-electron chi connectivity index (χ3n) is 4.63. The average Bonchev–Trinajstić information content (AvgIpc) is 3.06. The summed E-state index contributed by atoms with van der Waals surface area (Å²) in [5.41, 5.74) is 2.25. The zero-order valence-electron chi connectivity index (χ0n) is 17.3. The minimum Gasteiger partial charge on any atom is -0.484 e. The van der Waals surface area contributed by atoms with Crippen molar-refractivity contribution >= 4 is 11.6 Å². The molecule has 0 bridgehead atoms. The molecule has 0 unspecified atom stereocenters. The third-order valence-corrected chi connectivity index (χ3v) is 4.63. The lowest BCUT2D eigenvalue weighted by atomic mass is 9.72. The van der Waals surface area contributed by atoms with Crippen molar-refractivity contribution in [3.05, 3.63) is 48.0 Å². The molecule has 0 aromatic heterocycles. The van der Waals surface area contributed by atoms with E-state index < -0.39 is 0 Å². The fourth-order valence-electron chi connectivity index (χ4n) is 3.75. The van der Waals surface area contributed by atoms with E-state index in [2.05, 4.69) is 52.1 Å². The first-order chi connectivity index (χ1) is 13.1. The summed E-state index contributed by atoms with van der Waals surface area (Å²) in [5.74, 6) is 1.77. The molecule has 0 aliphatic carbocycles. The van der Waals surface area contributed by atoms with Crippen molar-refractivity contribution in [3.63, 3.8) is 0 Å². The number of ether oxygens (including phenoxy) is 3. The van der Waals surface area contributed by atoms with Crippen molar-refractivity contribution in [2.24, 2.45) is 5.41 Å². The molecular formula is C23H29NO4. The molecule has 1 aliphatic heterocycles. The lowest BCUT2D eigenvalue weighted by Gasteiger charge is -2.33. The Morgan fingerprint density at radius 2 is 1.68 bits per heavy atom. The van der Waals surface area contributed by atoms with Gasteiger partial charge in [-0.25, -0.2) is 0 Å². The maximum Gasteiger partial charge on any atom is 0.262 e. The number of hydrogen-bond acceptors (Lipinski definition) is 4. The summed E-state index contributed by atoms with van der Waals surface area (Å²) in [4.78, 5) is 12.2. The molecule has 3 rings (SSSR count). The molecule has 2 aromatic carbocycles. The second-order valence-electron chi connectivity index (χ2n) is 9.05. The van der Waals surface area contributed by atoms with Gasteiger partial charge in [0.25, 0.3) is 5.91 Å². The number of benzene rings is 2. The number of amides is 1. The number of nitrogens with one attached hydrogen (secondary N) is 1. The van der Waals surface area contributed by atoms with Crippen LogP contribution in [0.4, 0.5) is 5.69 Å². The Morgan fingerprint density at radius 3 is 2.36 bits per heavy atom.